The molecule has 0 bridgehead atoms. The normalized spacial score (nSPS) is 11.4. The van der Waals surface area contributed by atoms with Gasteiger partial charge in [-0.15, -0.1) is 0 Å². The summed E-state index contributed by atoms with van der Waals surface area (Å²) in [7, 11) is 0. The minimum atomic E-state index is -0.290. The Morgan fingerprint density at radius 1 is 1.21 bits per heavy atom. The van der Waals surface area contributed by atoms with Gasteiger partial charge in [0.1, 0.15) is 6.61 Å². The highest BCUT2D eigenvalue weighted by Crippen LogP contribution is 2.06. The maximum atomic E-state index is 11.6. The highest BCUT2D eigenvalue weighted by molar-refractivity contribution is 5.77. The van der Waals surface area contributed by atoms with E-state index in [2.05, 4.69) is 5.32 Å². The maximum Gasteiger partial charge on any atom is 0.246 e. The van der Waals surface area contributed by atoms with Crippen LogP contribution < -0.4 is 11.1 Å². The van der Waals surface area contributed by atoms with Crippen LogP contribution in [0.15, 0.2) is 24.3 Å². The molecule has 3 N–H and O–H groups in total. The Morgan fingerprint density at radius 3 is 2.32 bits per heavy atom. The molecule has 4 heteroatoms. The van der Waals surface area contributed by atoms with Crippen LogP contribution >= 0.6 is 0 Å². The number of benzene rings is 1. The standard InChI is InChI=1S/C15H24N2O2/c1-15(2,3)19-11-14(18)17-10-13-6-4-12(5-7-13)8-9-16/h4-7H,8-11,16H2,1-3H3,(H,17,18). The molecule has 0 unspecified atom stereocenters. The van der Waals surface area contributed by atoms with Crippen molar-refractivity contribution in [1.82, 2.24) is 5.32 Å². The zero-order valence-corrected chi connectivity index (χ0v) is 12.0. The predicted octanol–water partition coefficient (Wildman–Crippen LogP) is 1.62. The van der Waals surface area contributed by atoms with Gasteiger partial charge in [0.05, 0.1) is 5.60 Å². The first-order chi connectivity index (χ1) is 8.90. The molecule has 0 saturated carbocycles. The van der Waals surface area contributed by atoms with Crippen LogP contribution in [0.25, 0.3) is 0 Å². The van der Waals surface area contributed by atoms with Gasteiger partial charge in [-0.05, 0) is 44.9 Å². The van der Waals surface area contributed by atoms with Crippen molar-refractivity contribution in [2.45, 2.75) is 39.3 Å². The summed E-state index contributed by atoms with van der Waals surface area (Å²) in [5.41, 5.74) is 7.49. The van der Waals surface area contributed by atoms with Gasteiger partial charge >= 0.3 is 0 Å². The number of carbonyl (C=O) groups excluding carboxylic acids is 1. The molecule has 106 valence electrons. The van der Waals surface area contributed by atoms with Crippen molar-refractivity contribution in [2.24, 2.45) is 5.73 Å². The molecule has 1 rings (SSSR count). The molecule has 0 fully saturated rings. The summed E-state index contributed by atoms with van der Waals surface area (Å²) in [5.74, 6) is -0.0963. The minimum absolute atomic E-state index is 0.0920. The van der Waals surface area contributed by atoms with E-state index >= 15 is 0 Å². The van der Waals surface area contributed by atoms with E-state index in [0.717, 1.165) is 12.0 Å². The quantitative estimate of drug-likeness (QED) is 0.820. The van der Waals surface area contributed by atoms with E-state index in [9.17, 15) is 4.79 Å². The van der Waals surface area contributed by atoms with E-state index in [1.54, 1.807) is 0 Å². The third-order valence-electron chi connectivity index (χ3n) is 2.58. The van der Waals surface area contributed by atoms with Crippen LogP contribution in [0.5, 0.6) is 0 Å². The SMILES string of the molecule is CC(C)(C)OCC(=O)NCc1ccc(CCN)cc1. The number of nitrogens with two attached hydrogens (primary N) is 1. The summed E-state index contributed by atoms with van der Waals surface area (Å²) < 4.78 is 5.40. The summed E-state index contributed by atoms with van der Waals surface area (Å²) in [6, 6.07) is 8.10. The van der Waals surface area contributed by atoms with Gasteiger partial charge in [-0.25, -0.2) is 0 Å². The largest absolute Gasteiger partial charge is 0.366 e. The summed E-state index contributed by atoms with van der Waals surface area (Å²) in [5, 5.41) is 2.83. The van der Waals surface area contributed by atoms with Crippen LogP contribution in [0.1, 0.15) is 31.9 Å². The van der Waals surface area contributed by atoms with Crippen LogP contribution in [-0.4, -0.2) is 24.7 Å². The molecule has 0 spiro atoms. The Kier molecular flexibility index (Phi) is 5.99. The lowest BCUT2D eigenvalue weighted by atomic mass is 10.1. The number of nitrogens with one attached hydrogen (secondary N) is 1. The lowest BCUT2D eigenvalue weighted by molar-refractivity contribution is -0.130. The van der Waals surface area contributed by atoms with Crippen molar-refractivity contribution < 1.29 is 9.53 Å². The number of hydrogen-bond acceptors (Lipinski definition) is 3. The minimum Gasteiger partial charge on any atom is -0.366 e. The van der Waals surface area contributed by atoms with Gasteiger partial charge in [0.25, 0.3) is 0 Å². The summed E-state index contributed by atoms with van der Waals surface area (Å²) in [4.78, 5) is 11.6. The molecule has 0 aromatic heterocycles. The number of amides is 1. The van der Waals surface area contributed by atoms with E-state index < -0.39 is 0 Å². The Morgan fingerprint density at radius 2 is 1.79 bits per heavy atom. The van der Waals surface area contributed by atoms with Crippen molar-refractivity contribution in [3.8, 4) is 0 Å². The summed E-state index contributed by atoms with van der Waals surface area (Å²) in [6.07, 6.45) is 0.881. The van der Waals surface area contributed by atoms with Crippen molar-refractivity contribution in [3.63, 3.8) is 0 Å². The third kappa shape index (κ3) is 6.94. The topological polar surface area (TPSA) is 64.3 Å². The fourth-order valence-electron chi connectivity index (χ4n) is 1.52. The number of ether oxygens (including phenoxy) is 1. The highest BCUT2D eigenvalue weighted by Gasteiger charge is 2.12. The van der Waals surface area contributed by atoms with Crippen molar-refractivity contribution in [2.75, 3.05) is 13.2 Å². The molecule has 4 nitrogen and oxygen atoms in total. The molecular formula is C15H24N2O2. The van der Waals surface area contributed by atoms with Gasteiger partial charge in [-0.2, -0.15) is 0 Å². The first-order valence-corrected chi connectivity index (χ1v) is 6.59. The number of hydrogen-bond donors (Lipinski definition) is 2. The average molecular weight is 264 g/mol. The molecule has 0 aliphatic rings. The van der Waals surface area contributed by atoms with E-state index in [1.165, 1.54) is 5.56 Å². The van der Waals surface area contributed by atoms with Crippen LogP contribution in [0, 0.1) is 0 Å². The smallest absolute Gasteiger partial charge is 0.246 e. The van der Waals surface area contributed by atoms with E-state index in [-0.39, 0.29) is 18.1 Å². The third-order valence-corrected chi connectivity index (χ3v) is 2.58. The number of carbonyl (C=O) groups is 1. The van der Waals surface area contributed by atoms with Crippen LogP contribution in [0.3, 0.4) is 0 Å². The molecular weight excluding hydrogens is 240 g/mol. The van der Waals surface area contributed by atoms with Crippen LogP contribution in [-0.2, 0) is 22.5 Å². The predicted molar refractivity (Wildman–Crippen MR) is 76.8 cm³/mol. The fourth-order valence-corrected chi connectivity index (χ4v) is 1.52. The lowest BCUT2D eigenvalue weighted by Gasteiger charge is -2.19. The van der Waals surface area contributed by atoms with Gasteiger partial charge < -0.3 is 15.8 Å². The maximum absolute atomic E-state index is 11.6. The summed E-state index contributed by atoms with van der Waals surface area (Å²) in [6.45, 7) is 7.05. The molecule has 1 aromatic carbocycles. The lowest BCUT2D eigenvalue weighted by Crippen LogP contribution is -2.31. The van der Waals surface area contributed by atoms with Gasteiger partial charge in [0.15, 0.2) is 0 Å². The van der Waals surface area contributed by atoms with Crippen molar-refractivity contribution >= 4 is 5.91 Å². The van der Waals surface area contributed by atoms with E-state index in [1.807, 2.05) is 45.0 Å². The van der Waals surface area contributed by atoms with Gasteiger partial charge in [-0.1, -0.05) is 24.3 Å². The second-order valence-electron chi connectivity index (χ2n) is 5.53. The second-order valence-corrected chi connectivity index (χ2v) is 5.53. The summed E-state index contributed by atoms with van der Waals surface area (Å²) >= 11 is 0. The first kappa shape index (κ1) is 15.7. The second kappa shape index (κ2) is 7.26. The van der Waals surface area contributed by atoms with Gasteiger partial charge in [0.2, 0.25) is 5.91 Å². The Balaban J connectivity index is 2.33. The molecule has 0 aliphatic carbocycles. The van der Waals surface area contributed by atoms with Gasteiger partial charge in [-0.3, -0.25) is 4.79 Å². The average Bonchev–Trinajstić information content (AvgIpc) is 2.35. The Labute approximate surface area is 115 Å². The van der Waals surface area contributed by atoms with E-state index in [4.69, 9.17) is 10.5 Å². The zero-order valence-electron chi connectivity index (χ0n) is 12.0. The van der Waals surface area contributed by atoms with Crippen LogP contribution in [0.2, 0.25) is 0 Å². The molecule has 0 radical (unpaired) electrons. The first-order valence-electron chi connectivity index (χ1n) is 6.59. The van der Waals surface area contributed by atoms with Crippen molar-refractivity contribution in [1.29, 1.82) is 0 Å². The van der Waals surface area contributed by atoms with Crippen molar-refractivity contribution in [3.05, 3.63) is 35.4 Å². The Hall–Kier alpha value is -1.39. The number of rotatable bonds is 6. The molecule has 19 heavy (non-hydrogen) atoms. The molecule has 0 aliphatic heterocycles. The Bertz CT molecular complexity index is 394. The molecule has 1 amide bonds. The zero-order chi connectivity index (χ0) is 14.3. The van der Waals surface area contributed by atoms with Crippen LogP contribution in [0.4, 0.5) is 0 Å². The monoisotopic (exact) mass is 264 g/mol. The molecule has 0 heterocycles. The van der Waals surface area contributed by atoms with Gasteiger partial charge in [0, 0.05) is 6.54 Å². The molecule has 1 aromatic rings. The molecule has 0 saturated heterocycles. The fraction of sp³-hybridized carbons (Fsp3) is 0.533. The molecule has 0 atom stereocenters. The highest BCUT2D eigenvalue weighted by atomic mass is 16.5. The van der Waals surface area contributed by atoms with E-state index in [0.29, 0.717) is 13.1 Å².